The SMILES string of the molecule is CC(C)CN1C(=O)c2ccc(NC(=O)N3CCc4ccccc43)cc2C1=O. The average molecular weight is 363 g/mol. The number of fused-ring (bicyclic) bond motifs is 2. The Hall–Kier alpha value is -3.15. The molecule has 0 aromatic heterocycles. The first-order valence-corrected chi connectivity index (χ1v) is 9.12. The molecule has 6 heteroatoms. The highest BCUT2D eigenvalue weighted by Crippen LogP contribution is 2.29. The van der Waals surface area contributed by atoms with Gasteiger partial charge in [-0.1, -0.05) is 32.0 Å². The van der Waals surface area contributed by atoms with Crippen molar-refractivity contribution in [3.63, 3.8) is 0 Å². The van der Waals surface area contributed by atoms with Crippen LogP contribution in [0.4, 0.5) is 16.2 Å². The second kappa shape index (κ2) is 6.54. The van der Waals surface area contributed by atoms with Crippen molar-refractivity contribution < 1.29 is 14.4 Å². The first-order valence-electron chi connectivity index (χ1n) is 9.12. The van der Waals surface area contributed by atoms with E-state index in [9.17, 15) is 14.4 Å². The van der Waals surface area contributed by atoms with E-state index in [1.54, 1.807) is 23.1 Å². The highest BCUT2D eigenvalue weighted by atomic mass is 16.2. The van der Waals surface area contributed by atoms with Crippen LogP contribution in [0.25, 0.3) is 0 Å². The predicted octanol–water partition coefficient (Wildman–Crippen LogP) is 3.53. The lowest BCUT2D eigenvalue weighted by atomic mass is 10.1. The van der Waals surface area contributed by atoms with Gasteiger partial charge in [0.2, 0.25) is 0 Å². The number of nitrogens with zero attached hydrogens (tertiary/aromatic N) is 2. The molecule has 0 radical (unpaired) electrons. The molecule has 0 bridgehead atoms. The summed E-state index contributed by atoms with van der Waals surface area (Å²) in [6.45, 7) is 4.93. The number of para-hydroxylation sites is 1. The van der Waals surface area contributed by atoms with Crippen molar-refractivity contribution in [2.75, 3.05) is 23.3 Å². The predicted molar refractivity (Wildman–Crippen MR) is 103 cm³/mol. The molecule has 2 heterocycles. The van der Waals surface area contributed by atoms with Gasteiger partial charge in [-0.15, -0.1) is 0 Å². The molecule has 0 aliphatic carbocycles. The molecule has 0 atom stereocenters. The zero-order valence-corrected chi connectivity index (χ0v) is 15.4. The van der Waals surface area contributed by atoms with E-state index in [1.807, 2.05) is 38.1 Å². The summed E-state index contributed by atoms with van der Waals surface area (Å²) in [5.74, 6) is -0.372. The summed E-state index contributed by atoms with van der Waals surface area (Å²) in [4.78, 5) is 40.7. The number of rotatable bonds is 3. The minimum atomic E-state index is -0.300. The van der Waals surface area contributed by atoms with Gasteiger partial charge in [0.05, 0.1) is 11.1 Å². The topological polar surface area (TPSA) is 69.7 Å². The monoisotopic (exact) mass is 363 g/mol. The van der Waals surface area contributed by atoms with E-state index >= 15 is 0 Å². The molecular formula is C21H21N3O3. The van der Waals surface area contributed by atoms with Gasteiger partial charge in [0.1, 0.15) is 0 Å². The van der Waals surface area contributed by atoms with Crippen LogP contribution in [0.15, 0.2) is 42.5 Å². The first-order chi connectivity index (χ1) is 13.0. The van der Waals surface area contributed by atoms with E-state index in [0.717, 1.165) is 17.7 Å². The molecule has 2 aliphatic heterocycles. The Bertz CT molecular complexity index is 951. The molecular weight excluding hydrogens is 342 g/mol. The molecule has 0 spiro atoms. The molecule has 4 rings (SSSR count). The zero-order chi connectivity index (χ0) is 19.1. The standard InChI is InChI=1S/C21H21N3O3/c1-13(2)12-24-19(25)16-8-7-15(11-17(16)20(24)26)22-21(27)23-10-9-14-5-3-4-6-18(14)23/h3-8,11,13H,9-10,12H2,1-2H3,(H,22,27). The normalized spacial score (nSPS) is 15.4. The lowest BCUT2D eigenvalue weighted by Gasteiger charge is -2.18. The lowest BCUT2D eigenvalue weighted by molar-refractivity contribution is 0.0636. The minimum absolute atomic E-state index is 0.196. The maximum Gasteiger partial charge on any atom is 0.326 e. The van der Waals surface area contributed by atoms with Gasteiger partial charge in [-0.2, -0.15) is 0 Å². The van der Waals surface area contributed by atoms with Crippen molar-refractivity contribution in [2.45, 2.75) is 20.3 Å². The van der Waals surface area contributed by atoms with Crippen molar-refractivity contribution in [1.29, 1.82) is 0 Å². The largest absolute Gasteiger partial charge is 0.326 e. The molecule has 1 N–H and O–H groups in total. The summed E-state index contributed by atoms with van der Waals surface area (Å²) < 4.78 is 0. The van der Waals surface area contributed by atoms with E-state index in [0.29, 0.717) is 29.9 Å². The number of amides is 4. The lowest BCUT2D eigenvalue weighted by Crippen LogP contribution is -2.33. The van der Waals surface area contributed by atoms with Crippen LogP contribution < -0.4 is 10.2 Å². The fraction of sp³-hybridized carbons (Fsp3) is 0.286. The summed E-state index contributed by atoms with van der Waals surface area (Å²) in [5, 5.41) is 2.85. The highest BCUT2D eigenvalue weighted by Gasteiger charge is 2.36. The van der Waals surface area contributed by atoms with Crippen LogP contribution >= 0.6 is 0 Å². The van der Waals surface area contributed by atoms with E-state index in [4.69, 9.17) is 0 Å². The third-order valence-electron chi connectivity index (χ3n) is 4.90. The van der Waals surface area contributed by atoms with E-state index in [2.05, 4.69) is 5.32 Å². The average Bonchev–Trinajstić information content (AvgIpc) is 3.17. The first kappa shape index (κ1) is 17.3. The van der Waals surface area contributed by atoms with Crippen molar-refractivity contribution in [3.05, 3.63) is 59.2 Å². The number of nitrogens with one attached hydrogen (secondary N) is 1. The number of benzene rings is 2. The van der Waals surface area contributed by atoms with Gasteiger partial charge in [0.15, 0.2) is 0 Å². The quantitative estimate of drug-likeness (QED) is 0.848. The summed E-state index contributed by atoms with van der Waals surface area (Å²) >= 11 is 0. The minimum Gasteiger partial charge on any atom is -0.308 e. The number of imide groups is 1. The molecule has 2 aromatic carbocycles. The Morgan fingerprint density at radius 2 is 1.81 bits per heavy atom. The molecule has 138 valence electrons. The van der Waals surface area contributed by atoms with Crippen molar-refractivity contribution >= 4 is 29.2 Å². The Kier molecular flexibility index (Phi) is 4.18. The Morgan fingerprint density at radius 3 is 2.59 bits per heavy atom. The van der Waals surface area contributed by atoms with Crippen LogP contribution in [0.2, 0.25) is 0 Å². The summed E-state index contributed by atoms with van der Waals surface area (Å²) in [6.07, 6.45) is 0.824. The second-order valence-electron chi connectivity index (χ2n) is 7.34. The van der Waals surface area contributed by atoms with Crippen LogP contribution in [0.1, 0.15) is 40.1 Å². The Balaban J connectivity index is 1.54. The number of carbonyl (C=O) groups excluding carboxylic acids is 3. The Labute approximate surface area is 157 Å². The van der Waals surface area contributed by atoms with Crippen LogP contribution in [-0.4, -0.2) is 35.8 Å². The van der Waals surface area contributed by atoms with Gasteiger partial charge in [-0.3, -0.25) is 19.4 Å². The van der Waals surface area contributed by atoms with Crippen molar-refractivity contribution in [3.8, 4) is 0 Å². The molecule has 0 fully saturated rings. The maximum absolute atomic E-state index is 12.7. The van der Waals surface area contributed by atoms with Crippen LogP contribution in [0.3, 0.4) is 0 Å². The highest BCUT2D eigenvalue weighted by molar-refractivity contribution is 6.22. The van der Waals surface area contributed by atoms with Gasteiger partial charge in [0, 0.05) is 24.5 Å². The van der Waals surface area contributed by atoms with Gasteiger partial charge in [-0.05, 0) is 42.2 Å². The van der Waals surface area contributed by atoms with Gasteiger partial charge in [0.25, 0.3) is 11.8 Å². The van der Waals surface area contributed by atoms with Crippen molar-refractivity contribution in [1.82, 2.24) is 4.90 Å². The molecule has 2 aromatic rings. The number of carbonyl (C=O) groups is 3. The van der Waals surface area contributed by atoms with Gasteiger partial charge >= 0.3 is 6.03 Å². The molecule has 0 saturated carbocycles. The van der Waals surface area contributed by atoms with Crippen LogP contribution in [0, 0.1) is 5.92 Å². The number of anilines is 2. The number of hydrogen-bond donors (Lipinski definition) is 1. The van der Waals surface area contributed by atoms with Gasteiger partial charge in [-0.25, -0.2) is 4.79 Å². The fourth-order valence-electron chi connectivity index (χ4n) is 3.64. The molecule has 27 heavy (non-hydrogen) atoms. The third kappa shape index (κ3) is 2.97. The molecule has 0 saturated heterocycles. The molecule has 2 aliphatic rings. The zero-order valence-electron chi connectivity index (χ0n) is 15.4. The van der Waals surface area contributed by atoms with Crippen molar-refractivity contribution in [2.24, 2.45) is 5.92 Å². The smallest absolute Gasteiger partial charge is 0.308 e. The van der Waals surface area contributed by atoms with Crippen LogP contribution in [-0.2, 0) is 6.42 Å². The third-order valence-corrected chi connectivity index (χ3v) is 4.90. The number of hydrogen-bond acceptors (Lipinski definition) is 3. The van der Waals surface area contributed by atoms with E-state index in [-0.39, 0.29) is 23.8 Å². The molecule has 6 nitrogen and oxygen atoms in total. The molecule has 4 amide bonds. The van der Waals surface area contributed by atoms with E-state index < -0.39 is 0 Å². The second-order valence-corrected chi connectivity index (χ2v) is 7.34. The summed E-state index contributed by atoms with van der Waals surface area (Å²) in [5.41, 5.74) is 3.30. The summed E-state index contributed by atoms with van der Waals surface area (Å²) in [6, 6.07) is 12.5. The molecule has 0 unspecified atom stereocenters. The Morgan fingerprint density at radius 1 is 1.07 bits per heavy atom. The fourth-order valence-corrected chi connectivity index (χ4v) is 3.64. The van der Waals surface area contributed by atoms with Crippen LogP contribution in [0.5, 0.6) is 0 Å². The number of urea groups is 1. The van der Waals surface area contributed by atoms with E-state index in [1.165, 1.54) is 4.90 Å². The maximum atomic E-state index is 12.7. The summed E-state index contributed by atoms with van der Waals surface area (Å²) in [7, 11) is 0. The van der Waals surface area contributed by atoms with Gasteiger partial charge < -0.3 is 5.32 Å².